The van der Waals surface area contributed by atoms with Gasteiger partial charge in [0.05, 0.1) is 0 Å². The van der Waals surface area contributed by atoms with Crippen molar-refractivity contribution < 1.29 is 4.79 Å². The molecule has 0 saturated carbocycles. The van der Waals surface area contributed by atoms with E-state index < -0.39 is 0 Å². The zero-order chi connectivity index (χ0) is 13.5. The van der Waals surface area contributed by atoms with Gasteiger partial charge in [-0.05, 0) is 44.6 Å². The molecule has 0 bridgehead atoms. The first-order valence-corrected chi connectivity index (χ1v) is 7.25. The molecule has 0 fully saturated rings. The highest BCUT2D eigenvalue weighted by Crippen LogP contribution is 2.18. The summed E-state index contributed by atoms with van der Waals surface area (Å²) in [6, 6.07) is 10.7. The van der Waals surface area contributed by atoms with Crippen LogP contribution in [0.1, 0.15) is 38.2 Å². The van der Waals surface area contributed by atoms with Crippen LogP contribution in [-0.2, 0) is 11.2 Å². The first kappa shape index (κ1) is 13.9. The van der Waals surface area contributed by atoms with E-state index in [0.29, 0.717) is 0 Å². The Bertz CT molecular complexity index is 424. The molecule has 0 aromatic heterocycles. The van der Waals surface area contributed by atoms with Crippen molar-refractivity contribution in [2.24, 2.45) is 5.92 Å². The highest BCUT2D eigenvalue weighted by Gasteiger charge is 2.19. The summed E-state index contributed by atoms with van der Waals surface area (Å²) in [5.74, 6) is 0.411. The van der Waals surface area contributed by atoms with Gasteiger partial charge in [-0.15, -0.1) is 0 Å². The fraction of sp³-hybridized carbons (Fsp3) is 0.471. The molecule has 1 aromatic carbocycles. The molecule has 1 aliphatic carbocycles. The lowest BCUT2D eigenvalue weighted by Crippen LogP contribution is -2.37. The number of carbonyl (C=O) groups excluding carboxylic acids is 1. The lowest BCUT2D eigenvalue weighted by atomic mass is 9.93. The van der Waals surface area contributed by atoms with Gasteiger partial charge < -0.3 is 5.32 Å². The van der Waals surface area contributed by atoms with Crippen molar-refractivity contribution in [2.45, 2.75) is 45.1 Å². The van der Waals surface area contributed by atoms with E-state index >= 15 is 0 Å². The van der Waals surface area contributed by atoms with Crippen LogP contribution >= 0.6 is 0 Å². The zero-order valence-corrected chi connectivity index (χ0v) is 11.6. The van der Waals surface area contributed by atoms with Crippen molar-refractivity contribution >= 4 is 5.91 Å². The summed E-state index contributed by atoms with van der Waals surface area (Å²) in [5, 5.41) is 3.15. The van der Waals surface area contributed by atoms with Gasteiger partial charge in [0.15, 0.2) is 0 Å². The molecule has 0 radical (unpaired) electrons. The summed E-state index contributed by atoms with van der Waals surface area (Å²) in [7, 11) is 0. The van der Waals surface area contributed by atoms with Crippen LogP contribution in [0.4, 0.5) is 0 Å². The molecule has 102 valence electrons. The number of hydrogen-bond donors (Lipinski definition) is 1. The summed E-state index contributed by atoms with van der Waals surface area (Å²) in [6.45, 7) is 2.10. The molecule has 1 aliphatic rings. The van der Waals surface area contributed by atoms with Crippen molar-refractivity contribution in [3.8, 4) is 0 Å². The van der Waals surface area contributed by atoms with Crippen LogP contribution in [0.5, 0.6) is 0 Å². The number of carbonyl (C=O) groups is 1. The van der Waals surface area contributed by atoms with Gasteiger partial charge in [-0.2, -0.15) is 0 Å². The molecule has 19 heavy (non-hydrogen) atoms. The molecular weight excluding hydrogens is 234 g/mol. The Morgan fingerprint density at radius 3 is 2.79 bits per heavy atom. The van der Waals surface area contributed by atoms with E-state index in [4.69, 9.17) is 0 Å². The highest BCUT2D eigenvalue weighted by atomic mass is 16.1. The summed E-state index contributed by atoms with van der Waals surface area (Å²) in [4.78, 5) is 12.1. The number of nitrogens with one attached hydrogen (secondary N) is 1. The smallest absolute Gasteiger partial charge is 0.223 e. The summed E-state index contributed by atoms with van der Waals surface area (Å²) < 4.78 is 0. The molecule has 1 N–H and O–H groups in total. The predicted molar refractivity (Wildman–Crippen MR) is 78.8 cm³/mol. The summed E-state index contributed by atoms with van der Waals surface area (Å²) >= 11 is 0. The second-order valence-electron chi connectivity index (χ2n) is 5.42. The van der Waals surface area contributed by atoms with Crippen LogP contribution in [0, 0.1) is 5.92 Å². The number of amides is 1. The first-order chi connectivity index (χ1) is 9.25. The minimum atomic E-state index is 0.184. The third-order valence-electron chi connectivity index (χ3n) is 3.74. The van der Waals surface area contributed by atoms with E-state index in [0.717, 1.165) is 32.1 Å². The van der Waals surface area contributed by atoms with E-state index in [2.05, 4.69) is 48.7 Å². The molecule has 1 aromatic rings. The van der Waals surface area contributed by atoms with Gasteiger partial charge in [-0.1, -0.05) is 42.5 Å². The van der Waals surface area contributed by atoms with E-state index in [1.807, 2.05) is 6.07 Å². The molecule has 2 atom stereocenters. The molecule has 0 heterocycles. The largest absolute Gasteiger partial charge is 0.353 e. The number of benzene rings is 1. The van der Waals surface area contributed by atoms with Crippen molar-refractivity contribution in [1.82, 2.24) is 5.32 Å². The van der Waals surface area contributed by atoms with Gasteiger partial charge in [0.2, 0.25) is 5.91 Å². The van der Waals surface area contributed by atoms with Gasteiger partial charge in [-0.3, -0.25) is 4.79 Å². The van der Waals surface area contributed by atoms with Gasteiger partial charge in [0.1, 0.15) is 0 Å². The van der Waals surface area contributed by atoms with E-state index in [9.17, 15) is 4.79 Å². The molecule has 0 aliphatic heterocycles. The van der Waals surface area contributed by atoms with Crippen molar-refractivity contribution in [2.75, 3.05) is 0 Å². The third-order valence-corrected chi connectivity index (χ3v) is 3.74. The van der Waals surface area contributed by atoms with Crippen LogP contribution < -0.4 is 5.32 Å². The van der Waals surface area contributed by atoms with Gasteiger partial charge in [0.25, 0.3) is 0 Å². The SMILES string of the molecule is C[C@@H](CCc1ccccc1)NC(=O)[C@H]1CC=CCC1. The number of aryl methyl sites for hydroxylation is 1. The van der Waals surface area contributed by atoms with Gasteiger partial charge >= 0.3 is 0 Å². The minimum Gasteiger partial charge on any atom is -0.353 e. The standard InChI is InChI=1S/C17H23NO/c1-14(12-13-15-8-4-2-5-9-15)18-17(19)16-10-6-3-7-11-16/h2-6,8-9,14,16H,7,10-13H2,1H3,(H,18,19)/t14-,16-/m0/s1. The Labute approximate surface area is 115 Å². The number of hydrogen-bond acceptors (Lipinski definition) is 1. The van der Waals surface area contributed by atoms with E-state index in [1.165, 1.54) is 5.56 Å². The Balaban J connectivity index is 1.73. The number of allylic oxidation sites excluding steroid dienone is 2. The Morgan fingerprint density at radius 2 is 2.11 bits per heavy atom. The predicted octanol–water partition coefficient (Wildman–Crippen LogP) is 3.48. The normalized spacial score (nSPS) is 19.9. The molecule has 2 heteroatoms. The third kappa shape index (κ3) is 4.55. The van der Waals surface area contributed by atoms with Gasteiger partial charge in [0, 0.05) is 12.0 Å². The lowest BCUT2D eigenvalue weighted by Gasteiger charge is -2.20. The molecule has 0 spiro atoms. The number of rotatable bonds is 5. The van der Waals surface area contributed by atoms with Gasteiger partial charge in [-0.25, -0.2) is 0 Å². The Morgan fingerprint density at radius 1 is 1.32 bits per heavy atom. The first-order valence-electron chi connectivity index (χ1n) is 7.25. The van der Waals surface area contributed by atoms with E-state index in [-0.39, 0.29) is 17.9 Å². The molecule has 2 rings (SSSR count). The second kappa shape index (κ2) is 7.13. The maximum absolute atomic E-state index is 12.1. The molecule has 2 nitrogen and oxygen atoms in total. The topological polar surface area (TPSA) is 29.1 Å². The lowest BCUT2D eigenvalue weighted by molar-refractivity contribution is -0.125. The van der Waals surface area contributed by atoms with Crippen LogP contribution in [-0.4, -0.2) is 11.9 Å². The maximum Gasteiger partial charge on any atom is 0.223 e. The molecule has 1 amide bonds. The summed E-state index contributed by atoms with van der Waals surface area (Å²) in [6.07, 6.45) is 9.25. The Hall–Kier alpha value is -1.57. The molecular formula is C17H23NO. The fourth-order valence-electron chi connectivity index (χ4n) is 2.49. The molecule has 0 saturated heterocycles. The fourth-order valence-corrected chi connectivity index (χ4v) is 2.49. The highest BCUT2D eigenvalue weighted by molar-refractivity contribution is 5.79. The maximum atomic E-state index is 12.1. The van der Waals surface area contributed by atoms with Crippen LogP contribution in [0.2, 0.25) is 0 Å². The Kier molecular flexibility index (Phi) is 5.20. The minimum absolute atomic E-state index is 0.184. The average Bonchev–Trinajstić information content (AvgIpc) is 2.47. The molecule has 0 unspecified atom stereocenters. The van der Waals surface area contributed by atoms with E-state index in [1.54, 1.807) is 0 Å². The van der Waals surface area contributed by atoms with Crippen molar-refractivity contribution in [1.29, 1.82) is 0 Å². The van der Waals surface area contributed by atoms with Crippen molar-refractivity contribution in [3.05, 3.63) is 48.0 Å². The van der Waals surface area contributed by atoms with Crippen LogP contribution in [0.3, 0.4) is 0 Å². The monoisotopic (exact) mass is 257 g/mol. The van der Waals surface area contributed by atoms with Crippen LogP contribution in [0.15, 0.2) is 42.5 Å². The zero-order valence-electron chi connectivity index (χ0n) is 11.6. The average molecular weight is 257 g/mol. The van der Waals surface area contributed by atoms with Crippen molar-refractivity contribution in [3.63, 3.8) is 0 Å². The van der Waals surface area contributed by atoms with Crippen LogP contribution in [0.25, 0.3) is 0 Å². The summed E-state index contributed by atoms with van der Waals surface area (Å²) in [5.41, 5.74) is 1.34. The quantitative estimate of drug-likeness (QED) is 0.804. The second-order valence-corrected chi connectivity index (χ2v) is 5.42.